The van der Waals surface area contributed by atoms with Gasteiger partial charge in [0.2, 0.25) is 10.0 Å². The van der Waals surface area contributed by atoms with E-state index in [2.05, 4.69) is 10.6 Å². The van der Waals surface area contributed by atoms with Crippen LogP contribution in [0, 0.1) is 6.92 Å². The first-order valence-corrected chi connectivity index (χ1v) is 10.4. The van der Waals surface area contributed by atoms with Gasteiger partial charge in [0, 0.05) is 25.7 Å². The average Bonchev–Trinajstić information content (AvgIpc) is 2.68. The molecule has 0 fully saturated rings. The zero-order chi connectivity index (χ0) is 20.9. The fourth-order valence-electron chi connectivity index (χ4n) is 2.83. The molecule has 2 aromatic rings. The molecule has 28 heavy (non-hydrogen) atoms. The van der Waals surface area contributed by atoms with Crippen LogP contribution in [0.2, 0.25) is 0 Å². The van der Waals surface area contributed by atoms with Crippen molar-refractivity contribution in [3.63, 3.8) is 0 Å². The fraction of sp³-hybridized carbons (Fsp3) is 0.300. The largest absolute Gasteiger partial charge is 0.355 e. The SMILES string of the molecule is CCN(CC)S(=O)(=O)c1ccc(C)c(C(=O)Nc2ccccc2C(=O)NC)c1. The van der Waals surface area contributed by atoms with E-state index in [1.54, 1.807) is 51.1 Å². The van der Waals surface area contributed by atoms with Crippen LogP contribution in [0.5, 0.6) is 0 Å². The highest BCUT2D eigenvalue weighted by Crippen LogP contribution is 2.22. The second-order valence-electron chi connectivity index (χ2n) is 6.14. The molecule has 2 aromatic carbocycles. The van der Waals surface area contributed by atoms with Crippen molar-refractivity contribution in [2.75, 3.05) is 25.5 Å². The van der Waals surface area contributed by atoms with Crippen molar-refractivity contribution >= 4 is 27.5 Å². The topological polar surface area (TPSA) is 95.6 Å². The van der Waals surface area contributed by atoms with E-state index in [0.29, 0.717) is 29.9 Å². The van der Waals surface area contributed by atoms with E-state index in [9.17, 15) is 18.0 Å². The molecular formula is C20H25N3O4S. The number of sulfonamides is 1. The Morgan fingerprint density at radius 3 is 2.21 bits per heavy atom. The Bertz CT molecular complexity index is 983. The van der Waals surface area contributed by atoms with E-state index in [1.165, 1.54) is 23.5 Å². The van der Waals surface area contributed by atoms with Crippen LogP contribution in [0.15, 0.2) is 47.4 Å². The quantitative estimate of drug-likeness (QED) is 0.743. The summed E-state index contributed by atoms with van der Waals surface area (Å²) in [4.78, 5) is 24.9. The summed E-state index contributed by atoms with van der Waals surface area (Å²) in [6, 6.07) is 11.1. The van der Waals surface area contributed by atoms with E-state index in [-0.39, 0.29) is 16.4 Å². The van der Waals surface area contributed by atoms with Gasteiger partial charge in [0.25, 0.3) is 11.8 Å². The maximum atomic E-state index is 12.8. The lowest BCUT2D eigenvalue weighted by atomic mass is 10.1. The number of nitrogens with zero attached hydrogens (tertiary/aromatic N) is 1. The average molecular weight is 404 g/mol. The molecule has 0 radical (unpaired) electrons. The Kier molecular flexibility index (Phi) is 6.93. The summed E-state index contributed by atoms with van der Waals surface area (Å²) in [7, 11) is -2.18. The number of anilines is 1. The van der Waals surface area contributed by atoms with E-state index in [4.69, 9.17) is 0 Å². The Morgan fingerprint density at radius 1 is 0.964 bits per heavy atom. The molecule has 0 aliphatic rings. The normalized spacial score (nSPS) is 11.3. The minimum Gasteiger partial charge on any atom is -0.355 e. The molecular weight excluding hydrogens is 378 g/mol. The van der Waals surface area contributed by atoms with Gasteiger partial charge in [-0.15, -0.1) is 0 Å². The maximum absolute atomic E-state index is 12.8. The Labute approximate surface area is 165 Å². The van der Waals surface area contributed by atoms with Crippen LogP contribution in [0.4, 0.5) is 5.69 Å². The standard InChI is InChI=1S/C20H25N3O4S/c1-5-23(6-2)28(26,27)15-12-11-14(3)17(13-15)20(25)22-18-10-8-7-9-16(18)19(24)21-4/h7-13H,5-6H2,1-4H3,(H,21,24)(H,22,25). The molecule has 2 rings (SSSR count). The van der Waals surface area contributed by atoms with Crippen LogP contribution in [0.25, 0.3) is 0 Å². The zero-order valence-corrected chi connectivity index (χ0v) is 17.3. The molecule has 0 saturated heterocycles. The van der Waals surface area contributed by atoms with Crippen LogP contribution in [0.1, 0.15) is 40.1 Å². The molecule has 0 spiro atoms. The van der Waals surface area contributed by atoms with Gasteiger partial charge in [-0.3, -0.25) is 9.59 Å². The Morgan fingerprint density at radius 2 is 1.61 bits per heavy atom. The number of para-hydroxylation sites is 1. The van der Waals surface area contributed by atoms with Crippen molar-refractivity contribution in [3.8, 4) is 0 Å². The first-order valence-electron chi connectivity index (χ1n) is 8.99. The number of nitrogens with one attached hydrogen (secondary N) is 2. The van der Waals surface area contributed by atoms with Gasteiger partial charge in [-0.05, 0) is 36.8 Å². The highest BCUT2D eigenvalue weighted by Gasteiger charge is 2.24. The molecule has 0 aliphatic carbocycles. The third-order valence-corrected chi connectivity index (χ3v) is 6.49. The smallest absolute Gasteiger partial charge is 0.255 e. The molecule has 0 aliphatic heterocycles. The van der Waals surface area contributed by atoms with Gasteiger partial charge in [-0.25, -0.2) is 8.42 Å². The van der Waals surface area contributed by atoms with Crippen molar-refractivity contribution in [1.29, 1.82) is 0 Å². The zero-order valence-electron chi connectivity index (χ0n) is 16.4. The number of rotatable bonds is 7. The number of aryl methyl sites for hydroxylation is 1. The van der Waals surface area contributed by atoms with Crippen molar-refractivity contribution in [2.45, 2.75) is 25.7 Å². The number of amides is 2. The van der Waals surface area contributed by atoms with Gasteiger partial charge < -0.3 is 10.6 Å². The number of benzene rings is 2. The Hall–Kier alpha value is -2.71. The number of carbonyl (C=O) groups is 2. The number of carbonyl (C=O) groups excluding carboxylic acids is 2. The minimum absolute atomic E-state index is 0.0616. The van der Waals surface area contributed by atoms with Crippen LogP contribution in [-0.4, -0.2) is 44.7 Å². The molecule has 8 heteroatoms. The molecule has 0 unspecified atom stereocenters. The fourth-order valence-corrected chi connectivity index (χ4v) is 4.32. The number of hydrogen-bond acceptors (Lipinski definition) is 4. The summed E-state index contributed by atoms with van der Waals surface area (Å²) in [5.41, 5.74) is 1.54. The highest BCUT2D eigenvalue weighted by atomic mass is 32.2. The molecule has 0 bridgehead atoms. The van der Waals surface area contributed by atoms with Gasteiger partial charge in [-0.1, -0.05) is 32.0 Å². The predicted octanol–water partition coefficient (Wildman–Crippen LogP) is 2.64. The van der Waals surface area contributed by atoms with Gasteiger partial charge >= 0.3 is 0 Å². The predicted molar refractivity (Wildman–Crippen MR) is 109 cm³/mol. The monoisotopic (exact) mass is 403 g/mol. The van der Waals surface area contributed by atoms with Gasteiger partial charge in [-0.2, -0.15) is 4.31 Å². The van der Waals surface area contributed by atoms with Crippen molar-refractivity contribution in [1.82, 2.24) is 9.62 Å². The Balaban J connectivity index is 2.42. The molecule has 0 saturated carbocycles. The molecule has 150 valence electrons. The summed E-state index contributed by atoms with van der Waals surface area (Å²) in [5.74, 6) is -0.809. The van der Waals surface area contributed by atoms with Crippen LogP contribution >= 0.6 is 0 Å². The molecule has 2 amide bonds. The third kappa shape index (κ3) is 4.40. The third-order valence-electron chi connectivity index (χ3n) is 4.44. The summed E-state index contributed by atoms with van der Waals surface area (Å²) >= 11 is 0. The molecule has 0 heterocycles. The van der Waals surface area contributed by atoms with Crippen molar-refractivity contribution in [2.24, 2.45) is 0 Å². The van der Waals surface area contributed by atoms with Crippen LogP contribution in [-0.2, 0) is 10.0 Å². The first kappa shape index (κ1) is 21.6. The second kappa shape index (κ2) is 8.99. The highest BCUT2D eigenvalue weighted by molar-refractivity contribution is 7.89. The van der Waals surface area contributed by atoms with Gasteiger partial charge in [0.1, 0.15) is 0 Å². The summed E-state index contributed by atoms with van der Waals surface area (Å²) in [5, 5.41) is 5.24. The molecule has 2 N–H and O–H groups in total. The first-order chi connectivity index (χ1) is 13.3. The lowest BCUT2D eigenvalue weighted by Gasteiger charge is -2.19. The van der Waals surface area contributed by atoms with Gasteiger partial charge in [0.15, 0.2) is 0 Å². The molecule has 7 nitrogen and oxygen atoms in total. The van der Waals surface area contributed by atoms with Crippen molar-refractivity contribution < 1.29 is 18.0 Å². The summed E-state index contributed by atoms with van der Waals surface area (Å²) < 4.78 is 26.9. The lowest BCUT2D eigenvalue weighted by molar-refractivity contribution is 0.0964. The van der Waals surface area contributed by atoms with E-state index >= 15 is 0 Å². The second-order valence-corrected chi connectivity index (χ2v) is 8.08. The maximum Gasteiger partial charge on any atom is 0.255 e. The van der Waals surface area contributed by atoms with Crippen molar-refractivity contribution in [3.05, 3.63) is 59.2 Å². The van der Waals surface area contributed by atoms with Gasteiger partial charge in [0.05, 0.1) is 16.1 Å². The minimum atomic E-state index is -3.68. The number of hydrogen-bond donors (Lipinski definition) is 2. The van der Waals surface area contributed by atoms with E-state index < -0.39 is 15.9 Å². The van der Waals surface area contributed by atoms with E-state index in [1.807, 2.05) is 0 Å². The molecule has 0 aromatic heterocycles. The van der Waals surface area contributed by atoms with Crippen LogP contribution < -0.4 is 10.6 Å². The lowest BCUT2D eigenvalue weighted by Crippen LogP contribution is -2.31. The summed E-state index contributed by atoms with van der Waals surface area (Å²) in [6.45, 7) is 5.94. The van der Waals surface area contributed by atoms with E-state index in [0.717, 1.165) is 0 Å². The molecule has 0 atom stereocenters. The van der Waals surface area contributed by atoms with Crippen LogP contribution in [0.3, 0.4) is 0 Å². The summed E-state index contributed by atoms with van der Waals surface area (Å²) in [6.07, 6.45) is 0.